The first kappa shape index (κ1) is 10.4. The molecule has 0 aliphatic carbocycles. The topological polar surface area (TPSA) is 49.1 Å². The third kappa shape index (κ3) is 1.81. The van der Waals surface area contributed by atoms with E-state index < -0.39 is 0 Å². The molecule has 17 heavy (non-hydrogen) atoms. The van der Waals surface area contributed by atoms with Crippen molar-refractivity contribution in [3.63, 3.8) is 0 Å². The number of hydrogen-bond donors (Lipinski definition) is 0. The summed E-state index contributed by atoms with van der Waals surface area (Å²) in [7, 11) is 0. The summed E-state index contributed by atoms with van der Waals surface area (Å²) in [4.78, 5) is 20.6. The van der Waals surface area contributed by atoms with Crippen molar-refractivity contribution in [2.24, 2.45) is 4.99 Å². The molecule has 5 nitrogen and oxygen atoms in total. The zero-order valence-corrected chi connectivity index (χ0v) is 9.63. The highest BCUT2D eigenvalue weighted by Crippen LogP contribution is 2.16. The summed E-state index contributed by atoms with van der Waals surface area (Å²) < 4.78 is 5.15. The summed E-state index contributed by atoms with van der Waals surface area (Å²) in [6, 6.07) is 3.43. The lowest BCUT2D eigenvalue weighted by atomic mass is 10.4. The molecule has 0 unspecified atom stereocenters. The lowest BCUT2D eigenvalue weighted by molar-refractivity contribution is 0.0815. The quantitative estimate of drug-likeness (QED) is 0.732. The van der Waals surface area contributed by atoms with Crippen LogP contribution >= 0.6 is 0 Å². The minimum Gasteiger partial charge on any atom is -0.459 e. The van der Waals surface area contributed by atoms with Crippen LogP contribution in [0.2, 0.25) is 0 Å². The highest BCUT2D eigenvalue weighted by molar-refractivity contribution is 6.05. The second-order valence-corrected chi connectivity index (χ2v) is 4.31. The Bertz CT molecular complexity index is 433. The van der Waals surface area contributed by atoms with Gasteiger partial charge in [0.15, 0.2) is 5.76 Å². The van der Waals surface area contributed by atoms with E-state index in [-0.39, 0.29) is 5.91 Å². The summed E-state index contributed by atoms with van der Waals surface area (Å²) in [6.45, 7) is 3.35. The number of aliphatic imine (C=N–C) groups is 1. The largest absolute Gasteiger partial charge is 0.459 e. The fraction of sp³-hybridized carbons (Fsp3) is 0.500. The minimum absolute atomic E-state index is 0.0850. The van der Waals surface area contributed by atoms with Crippen LogP contribution < -0.4 is 0 Å². The Kier molecular flexibility index (Phi) is 2.59. The average molecular weight is 233 g/mol. The van der Waals surface area contributed by atoms with Gasteiger partial charge in [-0.25, -0.2) is 0 Å². The molecule has 1 amide bonds. The van der Waals surface area contributed by atoms with Crippen molar-refractivity contribution in [1.82, 2.24) is 9.80 Å². The minimum atomic E-state index is -0.0850. The molecule has 1 aromatic rings. The van der Waals surface area contributed by atoms with Gasteiger partial charge in [0, 0.05) is 19.6 Å². The Morgan fingerprint density at radius 3 is 2.82 bits per heavy atom. The van der Waals surface area contributed by atoms with Crippen LogP contribution in [0, 0.1) is 0 Å². The molecule has 1 fully saturated rings. The fourth-order valence-electron chi connectivity index (χ4n) is 2.35. The van der Waals surface area contributed by atoms with E-state index in [0.29, 0.717) is 18.8 Å². The first-order valence-electron chi connectivity index (χ1n) is 6.01. The second kappa shape index (κ2) is 4.24. The van der Waals surface area contributed by atoms with E-state index in [9.17, 15) is 4.79 Å². The van der Waals surface area contributed by atoms with Crippen molar-refractivity contribution in [2.75, 3.05) is 26.2 Å². The molecular weight excluding hydrogens is 218 g/mol. The molecule has 0 bridgehead atoms. The number of nitrogens with zero attached hydrogens (tertiary/aromatic N) is 3. The molecule has 0 aromatic carbocycles. The maximum atomic E-state index is 12.2. The molecule has 1 aromatic heterocycles. The summed E-state index contributed by atoms with van der Waals surface area (Å²) in [5, 5.41) is 0. The normalized spacial score (nSPS) is 19.9. The Labute approximate surface area is 99.7 Å². The molecule has 90 valence electrons. The molecule has 0 radical (unpaired) electrons. The first-order chi connectivity index (χ1) is 8.36. The Balaban J connectivity index is 1.79. The van der Waals surface area contributed by atoms with Gasteiger partial charge in [-0.2, -0.15) is 0 Å². The number of likely N-dealkylation sites (tertiary alicyclic amines) is 1. The molecular formula is C12H15N3O2. The van der Waals surface area contributed by atoms with Gasteiger partial charge in [0.1, 0.15) is 0 Å². The van der Waals surface area contributed by atoms with Crippen LogP contribution in [0.25, 0.3) is 0 Å². The van der Waals surface area contributed by atoms with Crippen LogP contribution in [-0.4, -0.2) is 47.8 Å². The van der Waals surface area contributed by atoms with Crippen molar-refractivity contribution in [1.29, 1.82) is 0 Å². The predicted octanol–water partition coefficient (Wildman–Crippen LogP) is 1.19. The van der Waals surface area contributed by atoms with E-state index in [1.165, 1.54) is 19.1 Å². The Morgan fingerprint density at radius 2 is 2.12 bits per heavy atom. The predicted molar refractivity (Wildman–Crippen MR) is 62.9 cm³/mol. The number of guanidine groups is 1. The number of carbonyl (C=O) groups excluding carboxylic acids is 1. The molecule has 0 N–H and O–H groups in total. The lowest BCUT2D eigenvalue weighted by Crippen LogP contribution is -2.43. The highest BCUT2D eigenvalue weighted by Gasteiger charge is 2.31. The summed E-state index contributed by atoms with van der Waals surface area (Å²) in [5.41, 5.74) is 0. The first-order valence-corrected chi connectivity index (χ1v) is 6.01. The molecule has 2 aliphatic rings. The Morgan fingerprint density at radius 1 is 1.29 bits per heavy atom. The monoisotopic (exact) mass is 233 g/mol. The van der Waals surface area contributed by atoms with Gasteiger partial charge < -0.3 is 9.32 Å². The van der Waals surface area contributed by atoms with Gasteiger partial charge in [0.25, 0.3) is 5.91 Å². The van der Waals surface area contributed by atoms with Crippen LogP contribution in [0.1, 0.15) is 23.4 Å². The molecule has 5 heteroatoms. The number of carbonyl (C=O) groups is 1. The second-order valence-electron chi connectivity index (χ2n) is 4.31. The summed E-state index contributed by atoms with van der Waals surface area (Å²) >= 11 is 0. The maximum absolute atomic E-state index is 12.2. The van der Waals surface area contributed by atoms with Crippen LogP contribution in [-0.2, 0) is 0 Å². The molecule has 3 rings (SSSR count). The van der Waals surface area contributed by atoms with Crippen molar-refractivity contribution in [3.8, 4) is 0 Å². The highest BCUT2D eigenvalue weighted by atomic mass is 16.3. The van der Waals surface area contributed by atoms with Crippen LogP contribution in [0.3, 0.4) is 0 Å². The Hall–Kier alpha value is -1.78. The van der Waals surface area contributed by atoms with Crippen molar-refractivity contribution in [3.05, 3.63) is 24.2 Å². The maximum Gasteiger partial charge on any atom is 0.296 e. The molecule has 0 atom stereocenters. The fourth-order valence-corrected chi connectivity index (χ4v) is 2.35. The van der Waals surface area contributed by atoms with Gasteiger partial charge >= 0.3 is 0 Å². The lowest BCUT2D eigenvalue weighted by Gasteiger charge is -2.25. The zero-order valence-electron chi connectivity index (χ0n) is 9.63. The van der Waals surface area contributed by atoms with Gasteiger partial charge in [0.05, 0.1) is 12.8 Å². The van der Waals surface area contributed by atoms with E-state index in [1.807, 2.05) is 0 Å². The average Bonchev–Trinajstić information content (AvgIpc) is 3.09. The van der Waals surface area contributed by atoms with E-state index in [0.717, 1.165) is 19.0 Å². The molecule has 0 spiro atoms. The summed E-state index contributed by atoms with van der Waals surface area (Å²) in [6.07, 6.45) is 3.89. The standard InChI is InChI=1S/C12H15N3O2/c16-11(10-4-3-9-17-10)15-8-5-13-12(15)14-6-1-2-7-14/h3-4,9H,1-2,5-8H2. The van der Waals surface area contributed by atoms with Crippen LogP contribution in [0.4, 0.5) is 0 Å². The van der Waals surface area contributed by atoms with Gasteiger partial charge in [-0.15, -0.1) is 0 Å². The van der Waals surface area contributed by atoms with E-state index in [2.05, 4.69) is 9.89 Å². The number of amides is 1. The van der Waals surface area contributed by atoms with Gasteiger partial charge in [-0.1, -0.05) is 0 Å². The number of hydrogen-bond acceptors (Lipinski definition) is 4. The van der Waals surface area contributed by atoms with Crippen molar-refractivity contribution < 1.29 is 9.21 Å². The van der Waals surface area contributed by atoms with E-state index in [1.54, 1.807) is 17.0 Å². The van der Waals surface area contributed by atoms with E-state index in [4.69, 9.17) is 4.42 Å². The van der Waals surface area contributed by atoms with Gasteiger partial charge in [0.2, 0.25) is 5.96 Å². The third-order valence-corrected chi connectivity index (χ3v) is 3.18. The van der Waals surface area contributed by atoms with Crippen molar-refractivity contribution in [2.45, 2.75) is 12.8 Å². The summed E-state index contributed by atoms with van der Waals surface area (Å²) in [5.74, 6) is 1.13. The SMILES string of the molecule is O=C(c1ccco1)N1CCN=C1N1CCCC1. The third-order valence-electron chi connectivity index (χ3n) is 3.18. The van der Waals surface area contributed by atoms with Gasteiger partial charge in [-0.05, 0) is 25.0 Å². The number of furan rings is 1. The van der Waals surface area contributed by atoms with Crippen molar-refractivity contribution >= 4 is 11.9 Å². The molecule has 3 heterocycles. The van der Waals surface area contributed by atoms with Crippen LogP contribution in [0.5, 0.6) is 0 Å². The van der Waals surface area contributed by atoms with Crippen LogP contribution in [0.15, 0.2) is 27.8 Å². The van der Waals surface area contributed by atoms with Gasteiger partial charge in [-0.3, -0.25) is 14.7 Å². The zero-order chi connectivity index (χ0) is 11.7. The molecule has 1 saturated heterocycles. The molecule has 2 aliphatic heterocycles. The van der Waals surface area contributed by atoms with E-state index >= 15 is 0 Å². The smallest absolute Gasteiger partial charge is 0.296 e. The number of rotatable bonds is 1. The molecule has 0 saturated carbocycles.